The summed E-state index contributed by atoms with van der Waals surface area (Å²) < 4.78 is 1.78. The molecule has 0 atom stereocenters. The van der Waals surface area contributed by atoms with E-state index in [-0.39, 0.29) is 6.03 Å². The van der Waals surface area contributed by atoms with Crippen molar-refractivity contribution < 1.29 is 4.79 Å². The third kappa shape index (κ3) is 3.42. The largest absolute Gasteiger partial charge is 0.323 e. The van der Waals surface area contributed by atoms with Crippen molar-refractivity contribution in [2.45, 2.75) is 0 Å². The molecule has 2 N–H and O–H groups in total. The Bertz CT molecular complexity index is 754. The summed E-state index contributed by atoms with van der Waals surface area (Å²) in [7, 11) is 0. The number of hydrogen-bond acceptors (Lipinski definition) is 3. The average molecular weight is 314 g/mol. The van der Waals surface area contributed by atoms with Crippen LogP contribution in [0.15, 0.2) is 61.3 Å². The van der Waals surface area contributed by atoms with Gasteiger partial charge in [-0.3, -0.25) is 4.57 Å². The van der Waals surface area contributed by atoms with Gasteiger partial charge >= 0.3 is 6.03 Å². The van der Waals surface area contributed by atoms with Gasteiger partial charge in [-0.15, -0.1) is 0 Å². The first-order chi connectivity index (χ1) is 10.7. The molecule has 3 aromatic rings. The van der Waals surface area contributed by atoms with Gasteiger partial charge in [0.1, 0.15) is 12.1 Å². The van der Waals surface area contributed by atoms with E-state index in [1.165, 1.54) is 0 Å². The fraction of sp³-hybridized carbons (Fsp3) is 0. The van der Waals surface area contributed by atoms with Crippen LogP contribution < -0.4 is 10.6 Å². The van der Waals surface area contributed by atoms with Crippen LogP contribution in [0.3, 0.4) is 0 Å². The first-order valence-electron chi connectivity index (χ1n) is 6.49. The summed E-state index contributed by atoms with van der Waals surface area (Å²) in [6, 6.07) is 10.1. The van der Waals surface area contributed by atoms with Gasteiger partial charge in [0.25, 0.3) is 0 Å². The van der Waals surface area contributed by atoms with E-state index in [1.807, 2.05) is 0 Å². The highest BCUT2D eigenvalue weighted by Crippen LogP contribution is 2.14. The van der Waals surface area contributed by atoms with Gasteiger partial charge in [0.15, 0.2) is 0 Å². The fourth-order valence-electron chi connectivity index (χ4n) is 1.83. The summed E-state index contributed by atoms with van der Waals surface area (Å²) >= 11 is 5.79. The topological polar surface area (TPSA) is 71.8 Å². The van der Waals surface area contributed by atoms with Gasteiger partial charge in [-0.05, 0) is 36.4 Å². The molecule has 0 saturated heterocycles. The Labute approximate surface area is 131 Å². The molecule has 7 heteroatoms. The number of hydrogen-bond donors (Lipinski definition) is 2. The van der Waals surface area contributed by atoms with Gasteiger partial charge in [-0.2, -0.15) is 0 Å². The van der Waals surface area contributed by atoms with E-state index in [0.717, 1.165) is 5.82 Å². The number of urea groups is 1. The van der Waals surface area contributed by atoms with Crippen LogP contribution in [0, 0.1) is 0 Å². The van der Waals surface area contributed by atoms with Crippen LogP contribution in [0.1, 0.15) is 0 Å². The van der Waals surface area contributed by atoms with Crippen LogP contribution in [-0.2, 0) is 0 Å². The maximum absolute atomic E-state index is 11.9. The Hall–Kier alpha value is -2.86. The molecule has 0 aliphatic rings. The van der Waals surface area contributed by atoms with Crippen LogP contribution in [0.4, 0.5) is 16.2 Å². The predicted octanol–water partition coefficient (Wildman–Crippen LogP) is 3.56. The Morgan fingerprint density at radius 2 is 1.77 bits per heavy atom. The zero-order chi connectivity index (χ0) is 15.4. The summed E-state index contributed by atoms with van der Waals surface area (Å²) in [5.74, 6) is 0.723. The number of halogens is 1. The molecule has 2 amide bonds. The molecule has 3 rings (SSSR count). The van der Waals surface area contributed by atoms with Gasteiger partial charge in [0.2, 0.25) is 0 Å². The average Bonchev–Trinajstić information content (AvgIpc) is 3.05. The fourth-order valence-corrected chi connectivity index (χ4v) is 1.96. The summed E-state index contributed by atoms with van der Waals surface area (Å²) in [5, 5.41) is 6.03. The molecular formula is C15H12ClN5O. The van der Waals surface area contributed by atoms with Gasteiger partial charge < -0.3 is 10.6 Å². The van der Waals surface area contributed by atoms with Crippen LogP contribution in [0.2, 0.25) is 5.02 Å². The zero-order valence-corrected chi connectivity index (χ0v) is 12.2. The molecule has 0 aliphatic carbocycles. The smallest absolute Gasteiger partial charge is 0.308 e. The van der Waals surface area contributed by atoms with E-state index < -0.39 is 0 Å². The molecule has 6 nitrogen and oxygen atoms in total. The summed E-state index contributed by atoms with van der Waals surface area (Å²) in [6.07, 6.45) is 6.70. The van der Waals surface area contributed by atoms with Crippen molar-refractivity contribution in [3.8, 4) is 5.82 Å². The van der Waals surface area contributed by atoms with Gasteiger partial charge in [-0.25, -0.2) is 14.8 Å². The van der Waals surface area contributed by atoms with Crippen molar-refractivity contribution in [1.29, 1.82) is 0 Å². The first kappa shape index (κ1) is 14.1. The molecule has 1 aromatic carbocycles. The second-order valence-corrected chi connectivity index (χ2v) is 4.90. The van der Waals surface area contributed by atoms with E-state index >= 15 is 0 Å². The number of aromatic nitrogens is 3. The monoisotopic (exact) mass is 313 g/mol. The number of anilines is 2. The van der Waals surface area contributed by atoms with E-state index in [9.17, 15) is 4.79 Å². The third-order valence-corrected chi connectivity index (χ3v) is 3.13. The lowest BCUT2D eigenvalue weighted by molar-refractivity contribution is 0.262. The highest BCUT2D eigenvalue weighted by molar-refractivity contribution is 6.30. The number of nitrogens with one attached hydrogen (secondary N) is 2. The minimum atomic E-state index is -0.348. The number of carbonyl (C=O) groups is 1. The molecule has 2 heterocycles. The van der Waals surface area contributed by atoms with Crippen LogP contribution in [-0.4, -0.2) is 20.6 Å². The van der Waals surface area contributed by atoms with E-state index in [4.69, 9.17) is 11.6 Å². The van der Waals surface area contributed by atoms with E-state index in [2.05, 4.69) is 20.6 Å². The Kier molecular flexibility index (Phi) is 4.02. The summed E-state index contributed by atoms with van der Waals surface area (Å²) in [6.45, 7) is 0. The zero-order valence-electron chi connectivity index (χ0n) is 11.4. The maximum atomic E-state index is 11.9. The molecule has 22 heavy (non-hydrogen) atoms. The summed E-state index contributed by atoms with van der Waals surface area (Å²) in [5.41, 5.74) is 1.25. The Morgan fingerprint density at radius 1 is 1.05 bits per heavy atom. The van der Waals surface area contributed by atoms with Gasteiger partial charge in [0, 0.05) is 23.1 Å². The second-order valence-electron chi connectivity index (χ2n) is 4.46. The lowest BCUT2D eigenvalue weighted by atomic mass is 10.3. The minimum Gasteiger partial charge on any atom is -0.308 e. The Morgan fingerprint density at radius 3 is 2.41 bits per heavy atom. The Balaban J connectivity index is 1.63. The van der Waals surface area contributed by atoms with Crippen molar-refractivity contribution >= 4 is 29.0 Å². The molecule has 0 aliphatic heterocycles. The molecule has 0 saturated carbocycles. The number of amides is 2. The third-order valence-electron chi connectivity index (χ3n) is 2.88. The standard InChI is InChI=1S/C15H12ClN5O/c16-11-1-3-12(4-2-11)19-15(22)20-13-5-6-14(18-9-13)21-8-7-17-10-21/h1-10H,(H2,19,20,22). The maximum Gasteiger partial charge on any atom is 0.323 e. The summed E-state index contributed by atoms with van der Waals surface area (Å²) in [4.78, 5) is 20.1. The van der Waals surface area contributed by atoms with Crippen LogP contribution in [0.25, 0.3) is 5.82 Å². The number of benzene rings is 1. The minimum absolute atomic E-state index is 0.348. The van der Waals surface area contributed by atoms with Crippen molar-refractivity contribution in [3.05, 3.63) is 66.3 Å². The second kappa shape index (κ2) is 6.28. The van der Waals surface area contributed by atoms with Crippen molar-refractivity contribution in [3.63, 3.8) is 0 Å². The SMILES string of the molecule is O=C(Nc1ccc(Cl)cc1)Nc1ccc(-n2ccnc2)nc1. The van der Waals surface area contributed by atoms with Crippen LogP contribution in [0.5, 0.6) is 0 Å². The molecule has 2 aromatic heterocycles. The van der Waals surface area contributed by atoms with E-state index in [1.54, 1.807) is 65.9 Å². The van der Waals surface area contributed by atoms with Crippen molar-refractivity contribution in [2.75, 3.05) is 10.6 Å². The highest BCUT2D eigenvalue weighted by Gasteiger charge is 2.04. The molecule has 110 valence electrons. The van der Waals surface area contributed by atoms with E-state index in [0.29, 0.717) is 16.4 Å². The lowest BCUT2D eigenvalue weighted by Crippen LogP contribution is -2.19. The molecule has 0 radical (unpaired) electrons. The number of imidazole rings is 1. The van der Waals surface area contributed by atoms with Crippen molar-refractivity contribution in [2.24, 2.45) is 0 Å². The lowest BCUT2D eigenvalue weighted by Gasteiger charge is -2.08. The normalized spacial score (nSPS) is 10.2. The molecule has 0 unspecified atom stereocenters. The van der Waals surface area contributed by atoms with Crippen molar-refractivity contribution in [1.82, 2.24) is 14.5 Å². The number of rotatable bonds is 3. The van der Waals surface area contributed by atoms with Crippen LogP contribution >= 0.6 is 11.6 Å². The van der Waals surface area contributed by atoms with Gasteiger partial charge in [-0.1, -0.05) is 11.6 Å². The molecule has 0 spiro atoms. The molecule has 0 bridgehead atoms. The van der Waals surface area contributed by atoms with Gasteiger partial charge in [0.05, 0.1) is 11.9 Å². The molecule has 0 fully saturated rings. The number of pyridine rings is 1. The predicted molar refractivity (Wildman–Crippen MR) is 85.5 cm³/mol. The quantitative estimate of drug-likeness (QED) is 0.776. The highest BCUT2D eigenvalue weighted by atomic mass is 35.5. The first-order valence-corrected chi connectivity index (χ1v) is 6.86. The molecular weight excluding hydrogens is 302 g/mol. The number of carbonyl (C=O) groups excluding carboxylic acids is 1. The number of nitrogens with zero attached hydrogens (tertiary/aromatic N) is 3.